The van der Waals surface area contributed by atoms with E-state index in [0.29, 0.717) is 25.2 Å². The normalized spacial score (nSPS) is 10.9. The second-order valence-corrected chi connectivity index (χ2v) is 9.37. The van der Waals surface area contributed by atoms with Gasteiger partial charge in [0.15, 0.2) is 0 Å². The fourth-order valence-electron chi connectivity index (χ4n) is 4.17. The number of rotatable bonds is 18. The Kier molecular flexibility index (Phi) is 14.3. The van der Waals surface area contributed by atoms with E-state index in [-0.39, 0.29) is 11.9 Å². The summed E-state index contributed by atoms with van der Waals surface area (Å²) in [4.78, 5) is 29.7. The average Bonchev–Trinajstić information content (AvgIpc) is 2.87. The number of unbranched alkanes of at least 4 members (excludes halogenated alkanes) is 9. The summed E-state index contributed by atoms with van der Waals surface area (Å²) in [5.74, 6) is 0.324. The number of nitrogens with zero attached hydrogens (tertiary/aromatic N) is 1. The van der Waals surface area contributed by atoms with Crippen molar-refractivity contribution < 1.29 is 19.2 Å². The van der Waals surface area contributed by atoms with Gasteiger partial charge in [-0.2, -0.15) is 0 Å². The van der Waals surface area contributed by atoms with Gasteiger partial charge in [0, 0.05) is 19.0 Å². The Bertz CT molecular complexity index is 898. The molecule has 36 heavy (non-hydrogen) atoms. The van der Waals surface area contributed by atoms with Gasteiger partial charge in [-0.05, 0) is 41.8 Å². The van der Waals surface area contributed by atoms with Crippen molar-refractivity contribution in [3.05, 3.63) is 65.2 Å². The lowest BCUT2D eigenvalue weighted by atomic mass is 10.1. The molecule has 0 fully saturated rings. The zero-order valence-electron chi connectivity index (χ0n) is 22.4. The summed E-state index contributed by atoms with van der Waals surface area (Å²) < 4.78 is 5.20. The number of hydroxylamine groups is 2. The minimum absolute atomic E-state index is 0.0676. The predicted octanol–water partition coefficient (Wildman–Crippen LogP) is 6.83. The van der Waals surface area contributed by atoms with Crippen LogP contribution in [0.2, 0.25) is 0 Å². The van der Waals surface area contributed by atoms with E-state index >= 15 is 0 Å². The van der Waals surface area contributed by atoms with Crippen molar-refractivity contribution in [3.8, 4) is 5.75 Å². The fraction of sp³-hybridized carbons (Fsp3) is 0.533. The molecule has 6 nitrogen and oxygen atoms in total. The lowest BCUT2D eigenvalue weighted by molar-refractivity contribution is -0.194. The number of carbonyl (C=O) groups is 2. The van der Waals surface area contributed by atoms with Crippen molar-refractivity contribution in [2.45, 2.75) is 91.1 Å². The van der Waals surface area contributed by atoms with Crippen LogP contribution in [0.25, 0.3) is 0 Å². The van der Waals surface area contributed by atoms with Crippen LogP contribution in [0.3, 0.4) is 0 Å². The molecule has 0 heterocycles. The van der Waals surface area contributed by atoms with Crippen molar-refractivity contribution >= 4 is 11.9 Å². The monoisotopic (exact) mass is 496 g/mol. The minimum Gasteiger partial charge on any atom is -0.497 e. The molecule has 0 saturated carbocycles. The molecule has 0 bridgehead atoms. The van der Waals surface area contributed by atoms with Crippen LogP contribution in [-0.4, -0.2) is 30.6 Å². The Balaban J connectivity index is 1.76. The molecule has 6 heteroatoms. The summed E-state index contributed by atoms with van der Waals surface area (Å²) in [6.45, 7) is 5.14. The van der Waals surface area contributed by atoms with Gasteiger partial charge in [0.2, 0.25) is 0 Å². The number of hydrogen-bond acceptors (Lipinski definition) is 5. The molecule has 2 rings (SSSR count). The number of carbonyl (C=O) groups excluding carboxylic acids is 2. The van der Waals surface area contributed by atoms with E-state index in [2.05, 4.69) is 12.2 Å². The largest absolute Gasteiger partial charge is 0.497 e. The van der Waals surface area contributed by atoms with Crippen LogP contribution in [-0.2, 0) is 22.7 Å². The van der Waals surface area contributed by atoms with Crippen molar-refractivity contribution in [2.24, 2.45) is 0 Å². The molecular formula is C30H44N2O4. The Morgan fingerprint density at radius 2 is 1.42 bits per heavy atom. The molecule has 0 aliphatic rings. The lowest BCUT2D eigenvalue weighted by Gasteiger charge is -2.21. The first kappa shape index (κ1) is 29.4. The SMILES string of the molecule is CCCCCCCCCCCCNC(=O)c1cccc(CN(Cc2ccc(OC)cc2)OC(C)=O)c1. The molecule has 2 aromatic carbocycles. The lowest BCUT2D eigenvalue weighted by Crippen LogP contribution is -2.26. The van der Waals surface area contributed by atoms with Crippen molar-refractivity contribution in [3.63, 3.8) is 0 Å². The van der Waals surface area contributed by atoms with Gasteiger partial charge in [-0.15, -0.1) is 5.06 Å². The van der Waals surface area contributed by atoms with Crippen molar-refractivity contribution in [1.82, 2.24) is 10.4 Å². The van der Waals surface area contributed by atoms with Crippen LogP contribution in [0.4, 0.5) is 0 Å². The second-order valence-electron chi connectivity index (χ2n) is 9.37. The molecule has 0 aromatic heterocycles. The summed E-state index contributed by atoms with van der Waals surface area (Å²) in [6.07, 6.45) is 12.7. The Morgan fingerprint density at radius 1 is 0.806 bits per heavy atom. The summed E-state index contributed by atoms with van der Waals surface area (Å²) in [5, 5.41) is 4.64. The van der Waals surface area contributed by atoms with Gasteiger partial charge in [0.1, 0.15) is 5.75 Å². The number of nitrogens with one attached hydrogen (secondary N) is 1. The average molecular weight is 497 g/mol. The number of methoxy groups -OCH3 is 1. The van der Waals surface area contributed by atoms with E-state index in [1.54, 1.807) is 12.2 Å². The van der Waals surface area contributed by atoms with E-state index < -0.39 is 0 Å². The highest BCUT2D eigenvalue weighted by atomic mass is 16.7. The third-order valence-corrected chi connectivity index (χ3v) is 6.14. The standard InChI is InChI=1S/C30H44N2O4/c1-4-5-6-7-8-9-10-11-12-13-21-31-30(34)28-16-14-15-27(22-28)24-32(36-25(2)33)23-26-17-19-29(35-3)20-18-26/h14-20,22H,4-13,21,23-24H2,1-3H3,(H,31,34). The molecule has 0 spiro atoms. The van der Waals surface area contributed by atoms with E-state index in [0.717, 1.165) is 29.7 Å². The maximum atomic E-state index is 12.7. The van der Waals surface area contributed by atoms with Crippen molar-refractivity contribution in [2.75, 3.05) is 13.7 Å². The maximum absolute atomic E-state index is 12.7. The minimum atomic E-state index is -0.381. The zero-order chi connectivity index (χ0) is 26.0. The van der Waals surface area contributed by atoms with Crippen LogP contribution >= 0.6 is 0 Å². The molecule has 1 N–H and O–H groups in total. The fourth-order valence-corrected chi connectivity index (χ4v) is 4.17. The predicted molar refractivity (Wildman–Crippen MR) is 145 cm³/mol. The maximum Gasteiger partial charge on any atom is 0.322 e. The number of amides is 1. The third-order valence-electron chi connectivity index (χ3n) is 6.14. The molecule has 0 saturated heterocycles. The first-order valence-electron chi connectivity index (χ1n) is 13.5. The highest BCUT2D eigenvalue weighted by Gasteiger charge is 2.13. The van der Waals surface area contributed by atoms with Gasteiger partial charge < -0.3 is 14.9 Å². The Morgan fingerprint density at radius 3 is 2.03 bits per heavy atom. The van der Waals surface area contributed by atoms with Gasteiger partial charge in [-0.3, -0.25) is 9.59 Å². The van der Waals surface area contributed by atoms with Crippen LogP contribution in [0.5, 0.6) is 5.75 Å². The van der Waals surface area contributed by atoms with Gasteiger partial charge in [-0.1, -0.05) is 89.0 Å². The molecule has 2 aromatic rings. The van der Waals surface area contributed by atoms with Gasteiger partial charge >= 0.3 is 5.97 Å². The molecular weight excluding hydrogens is 452 g/mol. The highest BCUT2D eigenvalue weighted by Crippen LogP contribution is 2.16. The van der Waals surface area contributed by atoms with Gasteiger partial charge in [-0.25, -0.2) is 0 Å². The zero-order valence-corrected chi connectivity index (χ0v) is 22.4. The summed E-state index contributed by atoms with van der Waals surface area (Å²) in [5.41, 5.74) is 2.51. The highest BCUT2D eigenvalue weighted by molar-refractivity contribution is 5.94. The second kappa shape index (κ2) is 17.6. The molecule has 1 amide bonds. The van der Waals surface area contributed by atoms with Crippen LogP contribution in [0, 0.1) is 0 Å². The van der Waals surface area contributed by atoms with E-state index in [1.165, 1.54) is 58.3 Å². The molecule has 0 aliphatic carbocycles. The molecule has 0 atom stereocenters. The molecule has 0 radical (unpaired) electrons. The van der Waals surface area contributed by atoms with Crippen LogP contribution < -0.4 is 10.1 Å². The van der Waals surface area contributed by atoms with E-state index in [4.69, 9.17) is 9.57 Å². The van der Waals surface area contributed by atoms with Gasteiger partial charge in [0.05, 0.1) is 20.2 Å². The summed E-state index contributed by atoms with van der Waals surface area (Å²) in [7, 11) is 1.63. The third kappa shape index (κ3) is 12.2. The number of hydrogen-bond donors (Lipinski definition) is 1. The molecule has 0 aliphatic heterocycles. The smallest absolute Gasteiger partial charge is 0.322 e. The van der Waals surface area contributed by atoms with Gasteiger partial charge in [0.25, 0.3) is 5.91 Å². The first-order valence-corrected chi connectivity index (χ1v) is 13.5. The molecule has 0 unspecified atom stereocenters. The summed E-state index contributed by atoms with van der Waals surface area (Å²) >= 11 is 0. The van der Waals surface area contributed by atoms with E-state index in [9.17, 15) is 9.59 Å². The Hall–Kier alpha value is -2.86. The van der Waals surface area contributed by atoms with Crippen LogP contribution in [0.1, 0.15) is 99.5 Å². The number of ether oxygens (including phenoxy) is 1. The van der Waals surface area contributed by atoms with Crippen molar-refractivity contribution in [1.29, 1.82) is 0 Å². The first-order chi connectivity index (χ1) is 17.5. The Labute approximate surface area is 217 Å². The summed E-state index contributed by atoms with van der Waals surface area (Å²) in [6, 6.07) is 15.1. The van der Waals surface area contributed by atoms with E-state index in [1.807, 2.05) is 48.5 Å². The van der Waals surface area contributed by atoms with Crippen LogP contribution in [0.15, 0.2) is 48.5 Å². The quantitative estimate of drug-likeness (QED) is 0.181. The topological polar surface area (TPSA) is 67.9 Å². The number of benzene rings is 2. The molecule has 198 valence electrons.